The van der Waals surface area contributed by atoms with E-state index in [9.17, 15) is 0 Å². The Labute approximate surface area is 149 Å². The van der Waals surface area contributed by atoms with E-state index in [1.807, 2.05) is 0 Å². The van der Waals surface area contributed by atoms with E-state index >= 15 is 0 Å². The molecular formula is C17H42NO5P. The van der Waals surface area contributed by atoms with Crippen LogP contribution >= 0.6 is 7.82 Å². The highest BCUT2D eigenvalue weighted by atomic mass is 31.2. The molecule has 0 heterocycles. The molecule has 0 aliphatic carbocycles. The molecule has 0 saturated carbocycles. The smallest absolute Gasteiger partial charge is 0.262 e. The molecule has 0 atom stereocenters. The van der Waals surface area contributed by atoms with E-state index in [1.165, 1.54) is 82.0 Å². The van der Waals surface area contributed by atoms with E-state index in [2.05, 4.69) is 27.7 Å². The molecule has 0 amide bonds. The van der Waals surface area contributed by atoms with Crippen molar-refractivity contribution in [3.8, 4) is 0 Å². The van der Waals surface area contributed by atoms with Crippen molar-refractivity contribution >= 4 is 7.82 Å². The van der Waals surface area contributed by atoms with Gasteiger partial charge in [0.25, 0.3) is 7.82 Å². The first-order chi connectivity index (χ1) is 11.2. The highest BCUT2D eigenvalue weighted by Gasteiger charge is 2.24. The highest BCUT2D eigenvalue weighted by molar-refractivity contribution is 7.43. The van der Waals surface area contributed by atoms with Gasteiger partial charge in [0, 0.05) is 7.11 Å². The van der Waals surface area contributed by atoms with Gasteiger partial charge in [-0.15, -0.1) is 0 Å². The van der Waals surface area contributed by atoms with Gasteiger partial charge in [-0.25, -0.2) is 0 Å². The van der Waals surface area contributed by atoms with Crippen LogP contribution in [0.15, 0.2) is 0 Å². The van der Waals surface area contributed by atoms with Gasteiger partial charge >= 0.3 is 0 Å². The Morgan fingerprint density at radius 1 is 0.708 bits per heavy atom. The maximum atomic E-state index is 8.77. The molecule has 0 rings (SSSR count). The fourth-order valence-corrected chi connectivity index (χ4v) is 2.64. The molecule has 0 aliphatic heterocycles. The average molecular weight is 371 g/mol. The van der Waals surface area contributed by atoms with Crippen LogP contribution in [-0.4, -0.2) is 52.7 Å². The number of aliphatic hydroxyl groups is 1. The zero-order valence-electron chi connectivity index (χ0n) is 16.5. The summed E-state index contributed by atoms with van der Waals surface area (Å²) >= 11 is 0. The predicted molar refractivity (Wildman–Crippen MR) is 99.5 cm³/mol. The van der Waals surface area contributed by atoms with Crippen molar-refractivity contribution in [3.05, 3.63) is 0 Å². The van der Waals surface area contributed by atoms with Gasteiger partial charge in [0.05, 0.1) is 26.2 Å². The van der Waals surface area contributed by atoms with Crippen LogP contribution in [0.4, 0.5) is 0 Å². The number of unbranched alkanes of at least 4 members (excludes halogenated alkanes) is 4. The Bertz CT molecular complexity index is 238. The second kappa shape index (κ2) is 19.4. The zero-order valence-corrected chi connectivity index (χ0v) is 17.4. The maximum Gasteiger partial charge on any atom is 0.262 e. The van der Waals surface area contributed by atoms with Crippen LogP contribution in [0.2, 0.25) is 0 Å². The molecule has 0 bridgehead atoms. The third-order valence-electron chi connectivity index (χ3n) is 3.94. The van der Waals surface area contributed by atoms with Crippen molar-refractivity contribution in [3.63, 3.8) is 0 Å². The SMILES string of the molecule is CCCC[N+](CCCC)(CCCC)CCCC.CO.O=P([O-])(O)O. The normalized spacial score (nSPS) is 11.2. The molecule has 150 valence electrons. The lowest BCUT2D eigenvalue weighted by Crippen LogP contribution is -2.50. The fourth-order valence-electron chi connectivity index (χ4n) is 2.64. The van der Waals surface area contributed by atoms with Gasteiger partial charge in [0.1, 0.15) is 0 Å². The molecule has 0 radical (unpaired) electrons. The topological polar surface area (TPSA) is 101 Å². The summed E-state index contributed by atoms with van der Waals surface area (Å²) in [5.74, 6) is 0. The molecule has 6 nitrogen and oxygen atoms in total. The number of nitrogens with zero attached hydrogens (tertiary/aromatic N) is 1. The minimum Gasteiger partial charge on any atom is -0.756 e. The van der Waals surface area contributed by atoms with Crippen LogP contribution in [0.3, 0.4) is 0 Å². The highest BCUT2D eigenvalue weighted by Crippen LogP contribution is 2.19. The minimum atomic E-state index is -4.89. The maximum absolute atomic E-state index is 8.77. The largest absolute Gasteiger partial charge is 0.756 e. The van der Waals surface area contributed by atoms with E-state index < -0.39 is 7.82 Å². The van der Waals surface area contributed by atoms with Crippen LogP contribution in [-0.2, 0) is 4.57 Å². The van der Waals surface area contributed by atoms with Crippen LogP contribution in [0.1, 0.15) is 79.1 Å². The Morgan fingerprint density at radius 3 is 1.00 bits per heavy atom. The first-order valence-corrected chi connectivity index (χ1v) is 10.8. The molecule has 0 fully saturated rings. The first-order valence-electron chi connectivity index (χ1n) is 9.31. The van der Waals surface area contributed by atoms with E-state index in [1.54, 1.807) is 0 Å². The zero-order chi connectivity index (χ0) is 19.5. The summed E-state index contributed by atoms with van der Waals surface area (Å²) < 4.78 is 10.2. The van der Waals surface area contributed by atoms with Crippen LogP contribution in [0, 0.1) is 0 Å². The predicted octanol–water partition coefficient (Wildman–Crippen LogP) is 3.05. The molecule has 0 spiro atoms. The van der Waals surface area contributed by atoms with Crippen molar-refractivity contribution in [2.45, 2.75) is 79.1 Å². The number of hydrogen-bond acceptors (Lipinski definition) is 3. The van der Waals surface area contributed by atoms with Crippen LogP contribution in [0.25, 0.3) is 0 Å². The lowest BCUT2D eigenvalue weighted by atomic mass is 10.1. The third kappa shape index (κ3) is 24.3. The molecule has 0 aromatic heterocycles. The van der Waals surface area contributed by atoms with Gasteiger partial charge in [-0.05, 0) is 25.7 Å². The Hall–Kier alpha value is 0.0300. The Kier molecular flexibility index (Phi) is 23.2. The second-order valence-electron chi connectivity index (χ2n) is 6.14. The summed E-state index contributed by atoms with van der Waals surface area (Å²) in [5, 5.41) is 7.00. The summed E-state index contributed by atoms with van der Waals surface area (Å²) in [6.45, 7) is 15.0. The number of aliphatic hydroxyl groups excluding tert-OH is 1. The molecule has 0 aromatic carbocycles. The lowest BCUT2D eigenvalue weighted by molar-refractivity contribution is -0.929. The van der Waals surface area contributed by atoms with Crippen molar-refractivity contribution in [1.29, 1.82) is 0 Å². The van der Waals surface area contributed by atoms with Gasteiger partial charge in [-0.3, -0.25) is 4.57 Å². The molecular weight excluding hydrogens is 329 g/mol. The molecule has 7 heteroatoms. The number of rotatable bonds is 12. The summed E-state index contributed by atoms with van der Waals surface area (Å²) in [6, 6.07) is 0. The number of quaternary nitrogens is 1. The van der Waals surface area contributed by atoms with E-state index in [0.29, 0.717) is 0 Å². The first kappa shape index (κ1) is 28.8. The lowest BCUT2D eigenvalue weighted by Gasteiger charge is -2.39. The Balaban J connectivity index is -0.000000534. The van der Waals surface area contributed by atoms with E-state index in [4.69, 9.17) is 24.4 Å². The summed E-state index contributed by atoms with van der Waals surface area (Å²) in [6.07, 6.45) is 11.1. The second-order valence-corrected chi connectivity index (χ2v) is 7.12. The molecule has 0 saturated heterocycles. The summed E-state index contributed by atoms with van der Waals surface area (Å²) in [5.41, 5.74) is 0. The van der Waals surface area contributed by atoms with Gasteiger partial charge in [0.15, 0.2) is 0 Å². The number of phosphoric acid groups is 1. The average Bonchev–Trinajstić information content (AvgIpc) is 2.54. The van der Waals surface area contributed by atoms with Crippen molar-refractivity contribution < 1.29 is 28.8 Å². The summed E-state index contributed by atoms with van der Waals surface area (Å²) in [7, 11) is -3.89. The quantitative estimate of drug-likeness (QED) is 0.362. The summed E-state index contributed by atoms with van der Waals surface area (Å²) in [4.78, 5) is 22.9. The molecule has 0 unspecified atom stereocenters. The minimum absolute atomic E-state index is 1.00. The van der Waals surface area contributed by atoms with Gasteiger partial charge in [0.2, 0.25) is 0 Å². The Morgan fingerprint density at radius 2 is 0.875 bits per heavy atom. The van der Waals surface area contributed by atoms with Gasteiger partial charge in [-0.1, -0.05) is 53.4 Å². The van der Waals surface area contributed by atoms with E-state index in [-0.39, 0.29) is 0 Å². The molecule has 0 aromatic rings. The fraction of sp³-hybridized carbons (Fsp3) is 1.00. The standard InChI is InChI=1S/C16H36N.CH4O.H3O4P/c1-5-9-13-17(14-10-6-2,15-11-7-3)16-12-8-4;1-2;1-5(2,3)4/h5-16H2,1-4H3;2H,1H3;(H3,1,2,3,4)/q+1;;/p-1. The van der Waals surface area contributed by atoms with Crippen molar-refractivity contribution in [1.82, 2.24) is 0 Å². The van der Waals surface area contributed by atoms with Crippen molar-refractivity contribution in [2.75, 3.05) is 33.3 Å². The molecule has 3 N–H and O–H groups in total. The van der Waals surface area contributed by atoms with Gasteiger partial charge in [-0.2, -0.15) is 0 Å². The third-order valence-corrected chi connectivity index (χ3v) is 3.94. The van der Waals surface area contributed by atoms with Crippen LogP contribution < -0.4 is 4.89 Å². The van der Waals surface area contributed by atoms with Gasteiger partial charge < -0.3 is 24.3 Å². The molecule has 0 aliphatic rings. The van der Waals surface area contributed by atoms with Crippen LogP contribution in [0.5, 0.6) is 0 Å². The molecule has 24 heavy (non-hydrogen) atoms. The van der Waals surface area contributed by atoms with Crippen molar-refractivity contribution in [2.24, 2.45) is 0 Å². The monoisotopic (exact) mass is 371 g/mol. The van der Waals surface area contributed by atoms with E-state index in [0.717, 1.165) is 7.11 Å². The number of hydrogen-bond donors (Lipinski definition) is 3.